The van der Waals surface area contributed by atoms with Gasteiger partial charge in [0.15, 0.2) is 23.3 Å². The van der Waals surface area contributed by atoms with E-state index in [1.165, 1.54) is 0 Å². The lowest BCUT2D eigenvalue weighted by molar-refractivity contribution is 1.07. The molecule has 0 spiro atoms. The summed E-state index contributed by atoms with van der Waals surface area (Å²) in [6.07, 6.45) is 0. The molecule has 8 nitrogen and oxygen atoms in total. The van der Waals surface area contributed by atoms with E-state index < -0.39 is 0 Å². The summed E-state index contributed by atoms with van der Waals surface area (Å²) in [4.78, 5) is 25.9. The lowest BCUT2D eigenvalue weighted by Crippen LogP contribution is -2.03. The monoisotopic (exact) mass is 906 g/mol. The highest BCUT2D eigenvalue weighted by atomic mass is 15.0. The maximum Gasteiger partial charge on any atom is 0.164 e. The molecule has 0 amide bonds. The molecule has 12 rings (SSSR count). The van der Waals surface area contributed by atoms with Gasteiger partial charge in [-0.05, 0) is 82.9 Å². The van der Waals surface area contributed by atoms with Crippen LogP contribution >= 0.6 is 0 Å². The molecule has 3 aromatic heterocycles. The summed E-state index contributed by atoms with van der Waals surface area (Å²) in [6, 6.07) is 81.5. The molecule has 0 fully saturated rings. The second-order valence-electron chi connectivity index (χ2n) is 17.1. The van der Waals surface area contributed by atoms with Crippen LogP contribution in [-0.2, 0) is 0 Å². The Hall–Kier alpha value is -10.2. The van der Waals surface area contributed by atoms with E-state index in [4.69, 9.17) is 24.9 Å². The highest BCUT2D eigenvalue weighted by Gasteiger charge is 2.22. The van der Waals surface area contributed by atoms with Crippen molar-refractivity contribution in [2.45, 2.75) is 0 Å². The standard InChI is InChI=1S/C63H38N8/c64-39-48-25-13-15-27-50(48)45-29-32-57-52(35-45)53-36-46(51-28-16-14-26-49(51)40-65)30-33-58(53)71(57)59-34-31-47(63-69-61(43-21-9-3-10-22-43)68-62(70-63)44-23-11-4-12-24-44)37-54(59)56-38-55(41-17-5-1-6-18-41)66-60(67-56)42-19-7-2-8-20-42/h1-38H. The Morgan fingerprint density at radius 3 is 1.17 bits per heavy atom. The third kappa shape index (κ3) is 7.94. The van der Waals surface area contributed by atoms with Crippen LogP contribution in [-0.4, -0.2) is 29.5 Å². The van der Waals surface area contributed by atoms with E-state index in [0.717, 1.165) is 88.8 Å². The average Bonchev–Trinajstić information content (AvgIpc) is 3.78. The van der Waals surface area contributed by atoms with Crippen LogP contribution in [0.5, 0.6) is 0 Å². The first kappa shape index (κ1) is 42.2. The van der Waals surface area contributed by atoms with E-state index in [0.29, 0.717) is 40.1 Å². The minimum absolute atomic E-state index is 0.509. The van der Waals surface area contributed by atoms with Gasteiger partial charge in [-0.15, -0.1) is 0 Å². The predicted molar refractivity (Wildman–Crippen MR) is 283 cm³/mol. The fourth-order valence-electron chi connectivity index (χ4n) is 9.35. The summed E-state index contributed by atoms with van der Waals surface area (Å²) in [5.74, 6) is 2.21. The summed E-state index contributed by atoms with van der Waals surface area (Å²) in [5.41, 5.74) is 14.1. The molecule has 0 aliphatic carbocycles. The van der Waals surface area contributed by atoms with Gasteiger partial charge >= 0.3 is 0 Å². The Bertz CT molecular complexity index is 3830. The van der Waals surface area contributed by atoms with Crippen molar-refractivity contribution in [1.29, 1.82) is 10.5 Å². The molecule has 12 aromatic rings. The molecule has 3 heterocycles. The Morgan fingerprint density at radius 2 is 0.690 bits per heavy atom. The van der Waals surface area contributed by atoms with E-state index >= 15 is 0 Å². The Morgan fingerprint density at radius 1 is 0.296 bits per heavy atom. The molecule has 0 radical (unpaired) electrons. The average molecular weight is 907 g/mol. The molecule has 0 atom stereocenters. The predicted octanol–water partition coefficient (Wildman–Crippen LogP) is 14.8. The van der Waals surface area contributed by atoms with Gasteiger partial charge in [0.2, 0.25) is 0 Å². The van der Waals surface area contributed by atoms with Crippen molar-refractivity contribution >= 4 is 21.8 Å². The first-order chi connectivity index (χ1) is 35.1. The fraction of sp³-hybridized carbons (Fsp3) is 0. The normalized spacial score (nSPS) is 11.1. The summed E-state index contributed by atoms with van der Waals surface area (Å²) in [6.45, 7) is 0. The van der Waals surface area contributed by atoms with Gasteiger partial charge in [-0.3, -0.25) is 0 Å². The van der Waals surface area contributed by atoms with Crippen molar-refractivity contribution in [2.75, 3.05) is 0 Å². The number of hydrogen-bond donors (Lipinski definition) is 0. The smallest absolute Gasteiger partial charge is 0.164 e. The highest BCUT2D eigenvalue weighted by molar-refractivity contribution is 6.12. The molecular weight excluding hydrogens is 869 g/mol. The zero-order valence-electron chi connectivity index (χ0n) is 38.0. The molecule has 0 bridgehead atoms. The van der Waals surface area contributed by atoms with Gasteiger partial charge in [-0.2, -0.15) is 10.5 Å². The van der Waals surface area contributed by atoms with Crippen LogP contribution in [0.15, 0.2) is 231 Å². The van der Waals surface area contributed by atoms with Crippen molar-refractivity contribution in [1.82, 2.24) is 29.5 Å². The van der Waals surface area contributed by atoms with Crippen molar-refractivity contribution < 1.29 is 0 Å². The number of benzene rings is 9. The molecule has 330 valence electrons. The molecule has 0 N–H and O–H groups in total. The van der Waals surface area contributed by atoms with E-state index in [1.807, 2.05) is 158 Å². The van der Waals surface area contributed by atoms with Crippen LogP contribution in [0, 0.1) is 22.7 Å². The quantitative estimate of drug-likeness (QED) is 0.142. The fourth-order valence-corrected chi connectivity index (χ4v) is 9.35. The second-order valence-corrected chi connectivity index (χ2v) is 17.1. The van der Waals surface area contributed by atoms with Gasteiger partial charge in [0.25, 0.3) is 0 Å². The summed E-state index contributed by atoms with van der Waals surface area (Å²) < 4.78 is 2.29. The van der Waals surface area contributed by atoms with Crippen LogP contribution < -0.4 is 0 Å². The van der Waals surface area contributed by atoms with Gasteiger partial charge in [0, 0.05) is 44.2 Å². The first-order valence-electron chi connectivity index (χ1n) is 23.2. The van der Waals surface area contributed by atoms with E-state index in [-0.39, 0.29) is 0 Å². The van der Waals surface area contributed by atoms with Crippen LogP contribution in [0.4, 0.5) is 0 Å². The van der Waals surface area contributed by atoms with Gasteiger partial charge in [0.05, 0.1) is 51.4 Å². The van der Waals surface area contributed by atoms with Crippen molar-refractivity contribution in [3.05, 3.63) is 242 Å². The number of hydrogen-bond acceptors (Lipinski definition) is 7. The number of nitrogens with zero attached hydrogens (tertiary/aromatic N) is 8. The largest absolute Gasteiger partial charge is 0.309 e. The summed E-state index contributed by atoms with van der Waals surface area (Å²) >= 11 is 0. The highest BCUT2D eigenvalue weighted by Crippen LogP contribution is 2.42. The summed E-state index contributed by atoms with van der Waals surface area (Å²) in [7, 11) is 0. The lowest BCUT2D eigenvalue weighted by atomic mass is 9.96. The van der Waals surface area contributed by atoms with E-state index in [1.54, 1.807) is 0 Å². The molecular formula is C63H38N8. The first-order valence-corrected chi connectivity index (χ1v) is 23.2. The maximum atomic E-state index is 10.2. The van der Waals surface area contributed by atoms with Crippen LogP contribution in [0.25, 0.3) is 118 Å². The van der Waals surface area contributed by atoms with Crippen LogP contribution in [0.1, 0.15) is 11.1 Å². The molecule has 0 aliphatic rings. The third-order valence-electron chi connectivity index (χ3n) is 12.8. The van der Waals surface area contributed by atoms with Gasteiger partial charge in [-0.25, -0.2) is 24.9 Å². The van der Waals surface area contributed by atoms with E-state index in [9.17, 15) is 10.5 Å². The second kappa shape index (κ2) is 18.2. The zero-order chi connectivity index (χ0) is 47.7. The zero-order valence-corrected chi connectivity index (χ0v) is 38.0. The summed E-state index contributed by atoms with van der Waals surface area (Å²) in [5, 5.41) is 22.4. The third-order valence-corrected chi connectivity index (χ3v) is 12.8. The molecule has 71 heavy (non-hydrogen) atoms. The number of nitriles is 2. The van der Waals surface area contributed by atoms with Crippen molar-refractivity contribution in [3.8, 4) is 108 Å². The van der Waals surface area contributed by atoms with Gasteiger partial charge in [-0.1, -0.05) is 170 Å². The molecule has 9 aromatic carbocycles. The minimum Gasteiger partial charge on any atom is -0.309 e. The number of aromatic nitrogens is 6. The lowest BCUT2D eigenvalue weighted by Gasteiger charge is -2.17. The number of rotatable bonds is 9. The molecule has 0 saturated carbocycles. The number of fused-ring (bicyclic) bond motifs is 3. The van der Waals surface area contributed by atoms with Crippen LogP contribution in [0.2, 0.25) is 0 Å². The van der Waals surface area contributed by atoms with Crippen molar-refractivity contribution in [2.24, 2.45) is 0 Å². The maximum absolute atomic E-state index is 10.2. The molecule has 0 unspecified atom stereocenters. The molecule has 0 aliphatic heterocycles. The Labute approximate surface area is 409 Å². The Balaban J connectivity index is 1.16. The molecule has 8 heteroatoms. The topological polar surface area (TPSA) is 117 Å². The Kier molecular flexibility index (Phi) is 10.8. The van der Waals surface area contributed by atoms with Crippen molar-refractivity contribution in [3.63, 3.8) is 0 Å². The van der Waals surface area contributed by atoms with Gasteiger partial charge in [0.1, 0.15) is 0 Å². The van der Waals surface area contributed by atoms with Gasteiger partial charge < -0.3 is 4.57 Å². The SMILES string of the molecule is N#Cc1ccccc1-c1ccc2c(c1)c1cc(-c3ccccc3C#N)ccc1n2-c1ccc(-c2nc(-c3ccccc3)nc(-c3ccccc3)n2)cc1-c1cc(-c2ccccc2)nc(-c2ccccc2)n1. The van der Waals surface area contributed by atoms with E-state index in [2.05, 4.69) is 89.5 Å². The molecule has 0 saturated heterocycles. The van der Waals surface area contributed by atoms with Crippen LogP contribution in [0.3, 0.4) is 0 Å². The minimum atomic E-state index is 0.509.